The Labute approximate surface area is 211 Å². The van der Waals surface area contributed by atoms with E-state index in [-0.39, 0.29) is 36.9 Å². The zero-order valence-corrected chi connectivity index (χ0v) is 21.4. The van der Waals surface area contributed by atoms with E-state index in [9.17, 15) is 24.6 Å². The van der Waals surface area contributed by atoms with E-state index in [1.807, 2.05) is 0 Å². The molecular formula is C26H37ClFNO6. The number of Topliss-reactive ketones (excluding diaryl/α,β-unsaturated/α-hetero) is 1. The number of aliphatic hydroxyl groups is 2. The van der Waals surface area contributed by atoms with Gasteiger partial charge in [0.05, 0.1) is 6.10 Å². The number of esters is 1. The third kappa shape index (κ3) is 3.74. The first kappa shape index (κ1) is 28.0. The maximum Gasteiger partial charge on any atom is 0.306 e. The largest absolute Gasteiger partial charge is 0.458 e. The third-order valence-electron chi connectivity index (χ3n) is 9.60. The number of halogens is 2. The standard InChI is InChI=1S/C26H36FNO6.ClH/c1-15-11-19-18-7-6-16-12-17(29)8-9-23(16,2)25(18,27)20(30)13-24(19,3)26(15,33)21(31)14-34-22(32)5-4-10-28;/h8-9,12,15,18-20,30,33H,4-7,10-11,13-14,28H2,1-3H3;1H/t15-,18+,19+,20+,23+,24+,25+,26+;/m1./s1. The number of hydrogen-bond acceptors (Lipinski definition) is 7. The first-order valence-corrected chi connectivity index (χ1v) is 12.3. The molecule has 3 saturated carbocycles. The second kappa shape index (κ2) is 9.36. The Kier molecular flexibility index (Phi) is 7.48. The number of aliphatic hydroxyl groups excluding tert-OH is 1. The fourth-order valence-corrected chi connectivity index (χ4v) is 7.72. The molecule has 0 amide bonds. The summed E-state index contributed by atoms with van der Waals surface area (Å²) in [5.74, 6) is -2.81. The Balaban J connectivity index is 0.00000342. The minimum absolute atomic E-state index is 0. The summed E-state index contributed by atoms with van der Waals surface area (Å²) < 4.78 is 22.2. The van der Waals surface area contributed by atoms with Crippen molar-refractivity contribution in [3.8, 4) is 0 Å². The van der Waals surface area contributed by atoms with E-state index in [4.69, 9.17) is 10.5 Å². The van der Waals surface area contributed by atoms with Crippen LogP contribution in [-0.4, -0.2) is 58.3 Å². The average Bonchev–Trinajstić information content (AvgIpc) is 2.99. The summed E-state index contributed by atoms with van der Waals surface area (Å²) in [6, 6.07) is 0. The fourth-order valence-electron chi connectivity index (χ4n) is 7.72. The normalized spacial score (nSPS) is 43.9. The number of hydrogen-bond donors (Lipinski definition) is 3. The van der Waals surface area contributed by atoms with Crippen molar-refractivity contribution in [3.05, 3.63) is 23.8 Å². The Morgan fingerprint density at radius 1 is 1.29 bits per heavy atom. The smallest absolute Gasteiger partial charge is 0.306 e. The van der Waals surface area contributed by atoms with E-state index in [1.54, 1.807) is 26.8 Å². The molecule has 0 aromatic carbocycles. The number of ether oxygens (including phenoxy) is 1. The maximum absolute atomic E-state index is 17.1. The zero-order valence-electron chi connectivity index (χ0n) is 20.6. The van der Waals surface area contributed by atoms with Crippen LogP contribution in [0.2, 0.25) is 0 Å². The van der Waals surface area contributed by atoms with Crippen LogP contribution in [0.25, 0.3) is 0 Å². The third-order valence-corrected chi connectivity index (χ3v) is 9.60. The van der Waals surface area contributed by atoms with Crippen LogP contribution in [0.15, 0.2) is 23.8 Å². The average molecular weight is 514 g/mol. The summed E-state index contributed by atoms with van der Waals surface area (Å²) in [6.45, 7) is 5.01. The monoisotopic (exact) mass is 513 g/mol. The van der Waals surface area contributed by atoms with Gasteiger partial charge >= 0.3 is 5.97 Å². The Morgan fingerprint density at radius 3 is 2.63 bits per heavy atom. The Morgan fingerprint density at radius 2 is 1.97 bits per heavy atom. The van der Waals surface area contributed by atoms with Crippen molar-refractivity contribution in [2.45, 2.75) is 76.7 Å². The van der Waals surface area contributed by atoms with Gasteiger partial charge in [0.1, 0.15) is 5.60 Å². The molecule has 4 aliphatic rings. The molecule has 0 aromatic heterocycles. The molecule has 3 fully saturated rings. The molecule has 35 heavy (non-hydrogen) atoms. The minimum atomic E-state index is -2.03. The van der Waals surface area contributed by atoms with Gasteiger partial charge in [0.2, 0.25) is 5.78 Å². The quantitative estimate of drug-likeness (QED) is 0.466. The van der Waals surface area contributed by atoms with Crippen molar-refractivity contribution in [3.63, 3.8) is 0 Å². The fraction of sp³-hybridized carbons (Fsp3) is 0.731. The first-order valence-electron chi connectivity index (χ1n) is 12.3. The molecule has 0 heterocycles. The van der Waals surface area contributed by atoms with E-state index >= 15 is 4.39 Å². The van der Waals surface area contributed by atoms with Crippen molar-refractivity contribution < 1.29 is 33.7 Å². The highest BCUT2D eigenvalue weighted by Gasteiger charge is 2.75. The van der Waals surface area contributed by atoms with Crippen LogP contribution in [0.5, 0.6) is 0 Å². The number of allylic oxidation sites excluding steroid dienone is 4. The lowest BCUT2D eigenvalue weighted by Crippen LogP contribution is -2.69. The zero-order chi connectivity index (χ0) is 25.1. The molecule has 0 saturated heterocycles. The summed E-state index contributed by atoms with van der Waals surface area (Å²) >= 11 is 0. The Bertz CT molecular complexity index is 969. The highest BCUT2D eigenvalue weighted by Crippen LogP contribution is 2.70. The summed E-state index contributed by atoms with van der Waals surface area (Å²) in [7, 11) is 0. The van der Waals surface area contributed by atoms with Crippen molar-refractivity contribution >= 4 is 29.9 Å². The van der Waals surface area contributed by atoms with Crippen LogP contribution < -0.4 is 5.73 Å². The molecule has 0 aliphatic heterocycles. The van der Waals surface area contributed by atoms with E-state index in [1.165, 1.54) is 12.2 Å². The van der Waals surface area contributed by atoms with Crippen molar-refractivity contribution in [2.75, 3.05) is 13.2 Å². The highest BCUT2D eigenvalue weighted by molar-refractivity contribution is 6.01. The van der Waals surface area contributed by atoms with Crippen LogP contribution in [0.3, 0.4) is 0 Å². The molecule has 8 atom stereocenters. The van der Waals surface area contributed by atoms with Gasteiger partial charge in [-0.2, -0.15) is 0 Å². The molecule has 4 N–H and O–H groups in total. The number of carbonyl (C=O) groups excluding carboxylic acids is 3. The molecule has 0 spiro atoms. The van der Waals surface area contributed by atoms with Gasteiger partial charge in [-0.3, -0.25) is 14.4 Å². The molecule has 0 aromatic rings. The molecule has 4 rings (SSSR count). The lowest BCUT2D eigenvalue weighted by Gasteiger charge is -2.62. The summed E-state index contributed by atoms with van der Waals surface area (Å²) in [5, 5.41) is 23.2. The summed E-state index contributed by atoms with van der Waals surface area (Å²) in [4.78, 5) is 37.2. The predicted molar refractivity (Wildman–Crippen MR) is 129 cm³/mol. The number of ketones is 2. The second-order valence-electron chi connectivity index (χ2n) is 11.1. The van der Waals surface area contributed by atoms with Crippen LogP contribution in [-0.2, 0) is 19.1 Å². The number of alkyl halides is 1. The molecule has 0 bridgehead atoms. The van der Waals surface area contributed by atoms with Crippen LogP contribution in [0.1, 0.15) is 59.3 Å². The predicted octanol–water partition coefficient (Wildman–Crippen LogP) is 2.61. The number of rotatable bonds is 6. The highest BCUT2D eigenvalue weighted by atomic mass is 35.5. The van der Waals surface area contributed by atoms with Gasteiger partial charge in [-0.25, -0.2) is 4.39 Å². The van der Waals surface area contributed by atoms with Gasteiger partial charge in [0.25, 0.3) is 0 Å². The van der Waals surface area contributed by atoms with E-state index in [0.717, 1.165) is 0 Å². The number of fused-ring (bicyclic) bond motifs is 5. The molecule has 0 radical (unpaired) electrons. The second-order valence-corrected chi connectivity index (χ2v) is 11.1. The topological polar surface area (TPSA) is 127 Å². The molecule has 4 aliphatic carbocycles. The van der Waals surface area contributed by atoms with Crippen molar-refractivity contribution in [1.82, 2.24) is 0 Å². The molecule has 196 valence electrons. The first-order chi connectivity index (χ1) is 15.9. The number of nitrogens with two attached hydrogens (primary N) is 1. The van der Waals surface area contributed by atoms with E-state index < -0.39 is 58.4 Å². The van der Waals surface area contributed by atoms with Crippen LogP contribution >= 0.6 is 12.4 Å². The lowest BCUT2D eigenvalue weighted by molar-refractivity contribution is -0.220. The number of carbonyl (C=O) groups is 3. The van der Waals surface area contributed by atoms with Gasteiger partial charge in [0.15, 0.2) is 18.1 Å². The SMILES string of the molecule is C[C@@H]1C[C@H]2[C@@H]3CCC4=CC(=O)C=C[C@]4(C)[C@@]3(F)[C@@H](O)C[C@]2(C)[C@@]1(O)C(=O)COC(=O)CCCN.Cl. The summed E-state index contributed by atoms with van der Waals surface area (Å²) in [5.41, 5.74) is -0.0103. The maximum atomic E-state index is 17.1. The Hall–Kier alpha value is -1.61. The van der Waals surface area contributed by atoms with Crippen LogP contribution in [0, 0.1) is 28.6 Å². The molecular weight excluding hydrogens is 477 g/mol. The lowest BCUT2D eigenvalue weighted by atomic mass is 9.44. The van der Waals surface area contributed by atoms with Gasteiger partial charge in [-0.15, -0.1) is 12.4 Å². The summed E-state index contributed by atoms with van der Waals surface area (Å²) in [6.07, 6.45) is 4.76. The van der Waals surface area contributed by atoms with Gasteiger partial charge in [0, 0.05) is 23.2 Å². The van der Waals surface area contributed by atoms with Gasteiger partial charge < -0.3 is 20.7 Å². The molecule has 7 nitrogen and oxygen atoms in total. The minimum Gasteiger partial charge on any atom is -0.458 e. The van der Waals surface area contributed by atoms with Crippen molar-refractivity contribution in [1.29, 1.82) is 0 Å². The van der Waals surface area contributed by atoms with Gasteiger partial charge in [-0.05, 0) is 69.6 Å². The molecule has 9 heteroatoms. The molecule has 0 unspecified atom stereocenters. The van der Waals surface area contributed by atoms with E-state index in [0.29, 0.717) is 37.8 Å². The van der Waals surface area contributed by atoms with E-state index in [2.05, 4.69) is 0 Å². The van der Waals surface area contributed by atoms with Crippen LogP contribution in [0.4, 0.5) is 4.39 Å². The van der Waals surface area contributed by atoms with Crippen molar-refractivity contribution in [2.24, 2.45) is 34.3 Å². The van der Waals surface area contributed by atoms with Gasteiger partial charge in [-0.1, -0.05) is 25.5 Å².